The molecule has 0 saturated heterocycles. The van der Waals surface area contributed by atoms with Gasteiger partial charge in [-0.25, -0.2) is 15.4 Å². The van der Waals surface area contributed by atoms with Crippen molar-refractivity contribution in [3.05, 3.63) is 18.2 Å². The number of nitrogens with zero attached hydrogens (tertiary/aromatic N) is 2. The van der Waals surface area contributed by atoms with Crippen LogP contribution < -0.4 is 21.9 Å². The smallest absolute Gasteiger partial charge is 0.115 e. The zero-order valence-electron chi connectivity index (χ0n) is 5.76. The Kier molecular flexibility index (Phi) is 1.64. The summed E-state index contributed by atoms with van der Waals surface area (Å²) in [5.41, 5.74) is 13.0. The predicted molar refractivity (Wildman–Crippen MR) is 38.8 cm³/mol. The molecule has 0 bridgehead atoms. The summed E-state index contributed by atoms with van der Waals surface area (Å²) in [6.45, 7) is 0.665. The van der Waals surface area contributed by atoms with Crippen LogP contribution in [-0.4, -0.2) is 9.97 Å². The molecule has 0 fully saturated rings. The second-order valence-electron chi connectivity index (χ2n) is 2.11. The predicted octanol–water partition coefficient (Wildman–Crippen LogP) is -1.08. The lowest BCUT2D eigenvalue weighted by Gasteiger charge is -2.03. The molecule has 6 heteroatoms. The summed E-state index contributed by atoms with van der Waals surface area (Å²) in [7, 11) is 0. The monoisotopic (exact) mass is 152 g/mol. The van der Waals surface area contributed by atoms with Crippen molar-refractivity contribution in [1.29, 1.82) is 0 Å². The fraction of sp³-hybridized carbons (Fsp3) is 0.200. The SMILES string of the molecule is c1ncc2c(n1)CNNNN2. The van der Waals surface area contributed by atoms with Crippen LogP contribution in [0.1, 0.15) is 5.69 Å². The van der Waals surface area contributed by atoms with E-state index in [-0.39, 0.29) is 0 Å². The zero-order valence-corrected chi connectivity index (χ0v) is 5.76. The molecule has 0 unspecified atom stereocenters. The van der Waals surface area contributed by atoms with E-state index < -0.39 is 0 Å². The van der Waals surface area contributed by atoms with Crippen LogP contribution in [0.15, 0.2) is 12.5 Å². The number of hydrogen-bond acceptors (Lipinski definition) is 6. The van der Waals surface area contributed by atoms with Crippen LogP contribution in [0, 0.1) is 0 Å². The first-order valence-electron chi connectivity index (χ1n) is 3.24. The van der Waals surface area contributed by atoms with Gasteiger partial charge in [0.2, 0.25) is 0 Å². The van der Waals surface area contributed by atoms with Gasteiger partial charge in [0.1, 0.15) is 6.33 Å². The summed E-state index contributed by atoms with van der Waals surface area (Å²) in [5.74, 6) is 0. The van der Waals surface area contributed by atoms with Crippen molar-refractivity contribution in [2.75, 3.05) is 5.43 Å². The molecule has 4 N–H and O–H groups in total. The van der Waals surface area contributed by atoms with Crippen LogP contribution in [0.2, 0.25) is 0 Å². The van der Waals surface area contributed by atoms with E-state index in [0.29, 0.717) is 6.54 Å². The summed E-state index contributed by atoms with van der Waals surface area (Å²) in [6, 6.07) is 0. The van der Waals surface area contributed by atoms with Crippen molar-refractivity contribution < 1.29 is 0 Å². The van der Waals surface area contributed by atoms with Gasteiger partial charge in [-0.15, -0.1) is 0 Å². The van der Waals surface area contributed by atoms with E-state index in [4.69, 9.17) is 0 Å². The van der Waals surface area contributed by atoms with Crippen molar-refractivity contribution in [2.24, 2.45) is 0 Å². The van der Waals surface area contributed by atoms with E-state index in [0.717, 1.165) is 11.4 Å². The van der Waals surface area contributed by atoms with Gasteiger partial charge in [0.15, 0.2) is 0 Å². The Morgan fingerprint density at radius 3 is 3.36 bits per heavy atom. The Morgan fingerprint density at radius 1 is 1.36 bits per heavy atom. The zero-order chi connectivity index (χ0) is 7.52. The lowest BCUT2D eigenvalue weighted by atomic mass is 10.3. The van der Waals surface area contributed by atoms with Crippen LogP contribution in [0.25, 0.3) is 0 Å². The van der Waals surface area contributed by atoms with Gasteiger partial charge >= 0.3 is 0 Å². The second-order valence-corrected chi connectivity index (χ2v) is 2.11. The molecule has 0 aliphatic carbocycles. The maximum Gasteiger partial charge on any atom is 0.115 e. The highest BCUT2D eigenvalue weighted by Crippen LogP contribution is 2.08. The topological polar surface area (TPSA) is 73.9 Å². The van der Waals surface area contributed by atoms with Gasteiger partial charge in [0.05, 0.1) is 24.1 Å². The van der Waals surface area contributed by atoms with Crippen molar-refractivity contribution in [1.82, 2.24) is 26.5 Å². The number of rotatable bonds is 0. The van der Waals surface area contributed by atoms with Gasteiger partial charge < -0.3 is 5.43 Å². The summed E-state index contributed by atoms with van der Waals surface area (Å²) in [5, 5.41) is 0. The van der Waals surface area contributed by atoms with Gasteiger partial charge in [0, 0.05) is 0 Å². The second kappa shape index (κ2) is 2.79. The molecule has 2 rings (SSSR count). The van der Waals surface area contributed by atoms with Crippen LogP contribution in [-0.2, 0) is 6.54 Å². The molecule has 0 radical (unpaired) electrons. The number of anilines is 1. The Morgan fingerprint density at radius 2 is 2.36 bits per heavy atom. The summed E-state index contributed by atoms with van der Waals surface area (Å²) in [4.78, 5) is 7.93. The number of nitrogens with one attached hydrogen (secondary N) is 4. The van der Waals surface area contributed by atoms with E-state index in [1.165, 1.54) is 6.33 Å². The van der Waals surface area contributed by atoms with Crippen LogP contribution in [0.4, 0.5) is 5.69 Å². The van der Waals surface area contributed by atoms with Gasteiger partial charge in [-0.3, -0.25) is 0 Å². The molecule has 1 aromatic rings. The highest BCUT2D eigenvalue weighted by molar-refractivity contribution is 5.44. The lowest BCUT2D eigenvalue weighted by molar-refractivity contribution is 0.476. The van der Waals surface area contributed by atoms with E-state index >= 15 is 0 Å². The van der Waals surface area contributed by atoms with Crippen molar-refractivity contribution in [3.8, 4) is 0 Å². The molecular formula is C5H8N6. The molecule has 58 valence electrons. The first kappa shape index (κ1) is 6.47. The van der Waals surface area contributed by atoms with Gasteiger partial charge in [0.25, 0.3) is 0 Å². The Bertz CT molecular complexity index is 223. The van der Waals surface area contributed by atoms with Gasteiger partial charge in [-0.1, -0.05) is 0 Å². The summed E-state index contributed by atoms with van der Waals surface area (Å²) >= 11 is 0. The molecule has 1 aliphatic heterocycles. The first-order chi connectivity index (χ1) is 5.47. The van der Waals surface area contributed by atoms with E-state index in [1.807, 2.05) is 0 Å². The lowest BCUT2D eigenvalue weighted by Crippen LogP contribution is -2.43. The van der Waals surface area contributed by atoms with E-state index in [2.05, 4.69) is 31.9 Å². The van der Waals surface area contributed by atoms with Crippen LogP contribution >= 0.6 is 0 Å². The van der Waals surface area contributed by atoms with Crippen LogP contribution in [0.5, 0.6) is 0 Å². The van der Waals surface area contributed by atoms with E-state index in [9.17, 15) is 0 Å². The molecule has 6 nitrogen and oxygen atoms in total. The highest BCUT2D eigenvalue weighted by Gasteiger charge is 2.04. The first-order valence-corrected chi connectivity index (χ1v) is 3.24. The normalized spacial score (nSPS) is 16.4. The fourth-order valence-electron chi connectivity index (χ4n) is 0.871. The van der Waals surface area contributed by atoms with Crippen molar-refractivity contribution in [3.63, 3.8) is 0 Å². The molecule has 0 amide bonds. The Labute approximate surface area is 63.3 Å². The van der Waals surface area contributed by atoms with Gasteiger partial charge in [-0.2, -0.15) is 11.1 Å². The third-order valence-electron chi connectivity index (χ3n) is 1.40. The number of hydrogen-bond donors (Lipinski definition) is 4. The van der Waals surface area contributed by atoms with Gasteiger partial charge in [-0.05, 0) is 0 Å². The fourth-order valence-corrected chi connectivity index (χ4v) is 0.871. The molecule has 11 heavy (non-hydrogen) atoms. The Hall–Kier alpha value is -1.24. The van der Waals surface area contributed by atoms with E-state index in [1.54, 1.807) is 6.20 Å². The van der Waals surface area contributed by atoms with Crippen molar-refractivity contribution in [2.45, 2.75) is 6.54 Å². The average Bonchev–Trinajstić information content (AvgIpc) is 2.28. The minimum Gasteiger partial charge on any atom is -0.304 e. The summed E-state index contributed by atoms with van der Waals surface area (Å²) in [6.07, 6.45) is 3.23. The molecule has 2 heterocycles. The Balaban J connectivity index is 2.33. The molecule has 1 aliphatic rings. The molecular weight excluding hydrogens is 144 g/mol. The molecule has 0 atom stereocenters. The molecule has 0 aromatic carbocycles. The van der Waals surface area contributed by atoms with Crippen molar-refractivity contribution >= 4 is 5.69 Å². The highest BCUT2D eigenvalue weighted by atomic mass is 15.7. The third-order valence-corrected chi connectivity index (χ3v) is 1.40. The maximum absolute atomic E-state index is 4.06. The maximum atomic E-state index is 4.06. The standard InChI is InChI=1S/C5H8N6/c1-5-4(7-3-6-1)2-8-10-11-9-5/h1,3,8-11H,2H2. The molecule has 0 saturated carbocycles. The minimum absolute atomic E-state index is 0.665. The average molecular weight is 152 g/mol. The molecule has 1 aromatic heterocycles. The largest absolute Gasteiger partial charge is 0.304 e. The minimum atomic E-state index is 0.665. The number of aromatic nitrogens is 2. The third kappa shape index (κ3) is 1.27. The number of hydrazine groups is 3. The quantitative estimate of drug-likeness (QED) is 0.379. The molecule has 0 spiro atoms. The van der Waals surface area contributed by atoms with Crippen LogP contribution in [0.3, 0.4) is 0 Å². The summed E-state index contributed by atoms with van der Waals surface area (Å²) < 4.78 is 0. The number of fused-ring (bicyclic) bond motifs is 1.